The lowest BCUT2D eigenvalue weighted by Gasteiger charge is -2.26. The number of nitrogens with two attached hydrogens (primary N) is 3. The van der Waals surface area contributed by atoms with Crippen LogP contribution in [-0.2, 0) is 30.4 Å². The largest absolute Gasteiger partial charge is 0.480 e. The van der Waals surface area contributed by atoms with Gasteiger partial charge < -0.3 is 48.3 Å². The number of nitrogens with one attached hydrogen (secondary N) is 4. The quantitative estimate of drug-likeness (QED) is 0.100. The molecule has 14 heteroatoms. The molecule has 5 atom stereocenters. The highest BCUT2D eigenvalue weighted by Crippen LogP contribution is 2.19. The second-order valence-electron chi connectivity index (χ2n) is 9.65. The van der Waals surface area contributed by atoms with Crippen LogP contribution in [0.4, 0.5) is 0 Å². The predicted molar refractivity (Wildman–Crippen MR) is 146 cm³/mol. The van der Waals surface area contributed by atoms with Crippen molar-refractivity contribution in [3.8, 4) is 0 Å². The zero-order valence-corrected chi connectivity index (χ0v) is 22.4. The Bertz CT molecular complexity index is 1180. The number of hydrogen-bond donors (Lipinski definition) is 9. The summed E-state index contributed by atoms with van der Waals surface area (Å²) in [6, 6.07) is 2.18. The maximum Gasteiger partial charge on any atom is 0.326 e. The summed E-state index contributed by atoms with van der Waals surface area (Å²) in [5.74, 6) is -4.32. The number of para-hydroxylation sites is 1. The number of amides is 4. The molecular weight excluding hydrogens is 522 g/mol. The number of carbonyl (C=O) groups is 5. The van der Waals surface area contributed by atoms with Gasteiger partial charge in [-0.05, 0) is 50.8 Å². The number of unbranched alkanes of at least 4 members (excludes halogenated alkanes) is 1. The van der Waals surface area contributed by atoms with Gasteiger partial charge in [0.1, 0.15) is 18.1 Å². The highest BCUT2D eigenvalue weighted by Gasteiger charge is 2.33. The maximum atomic E-state index is 13.1. The Morgan fingerprint density at radius 2 is 1.62 bits per heavy atom. The maximum absolute atomic E-state index is 13.1. The Hall–Kier alpha value is -4.01. The number of primary amides is 1. The third-order valence-electron chi connectivity index (χ3n) is 6.39. The smallest absolute Gasteiger partial charge is 0.326 e. The normalized spacial score (nSPS) is 14.9. The number of rotatable bonds is 17. The number of carboxylic acids is 1. The van der Waals surface area contributed by atoms with Gasteiger partial charge in [0.2, 0.25) is 23.6 Å². The lowest BCUT2D eigenvalue weighted by atomic mass is 10.0. The zero-order chi connectivity index (χ0) is 29.8. The van der Waals surface area contributed by atoms with Gasteiger partial charge in [-0.25, -0.2) is 4.79 Å². The van der Waals surface area contributed by atoms with Crippen LogP contribution in [0.1, 0.15) is 44.6 Å². The number of hydrogen-bond acceptors (Lipinski definition) is 8. The first kappa shape index (κ1) is 32.2. The predicted octanol–water partition coefficient (Wildman–Crippen LogP) is -1.65. The first-order valence-electron chi connectivity index (χ1n) is 13.1. The molecule has 14 nitrogen and oxygen atoms in total. The monoisotopic (exact) mass is 561 g/mol. The van der Waals surface area contributed by atoms with Gasteiger partial charge in [0.05, 0.1) is 12.1 Å². The molecule has 2 rings (SSSR count). The molecule has 0 saturated carbocycles. The molecule has 1 aromatic heterocycles. The molecule has 0 radical (unpaired) electrons. The molecule has 2 aromatic rings. The number of carbonyl (C=O) groups excluding carboxylic acids is 4. The molecule has 0 fully saturated rings. The van der Waals surface area contributed by atoms with E-state index in [2.05, 4.69) is 20.9 Å². The molecule has 1 aromatic carbocycles. The molecule has 0 aliphatic heterocycles. The molecule has 1 heterocycles. The van der Waals surface area contributed by atoms with E-state index in [-0.39, 0.29) is 25.7 Å². The molecule has 5 unspecified atom stereocenters. The number of H-pyrrole nitrogens is 1. The van der Waals surface area contributed by atoms with Crippen LogP contribution in [0.25, 0.3) is 10.9 Å². The van der Waals surface area contributed by atoms with Gasteiger partial charge in [0.25, 0.3) is 0 Å². The second-order valence-corrected chi connectivity index (χ2v) is 9.65. The van der Waals surface area contributed by atoms with Crippen molar-refractivity contribution >= 4 is 40.5 Å². The van der Waals surface area contributed by atoms with Crippen LogP contribution in [0.3, 0.4) is 0 Å². The number of benzene rings is 1. The Kier molecular flexibility index (Phi) is 12.5. The van der Waals surface area contributed by atoms with Gasteiger partial charge in [-0.15, -0.1) is 0 Å². The van der Waals surface area contributed by atoms with Crippen molar-refractivity contribution in [2.24, 2.45) is 17.2 Å². The van der Waals surface area contributed by atoms with Gasteiger partial charge in [0, 0.05) is 29.9 Å². The Labute approximate surface area is 231 Å². The Balaban J connectivity index is 2.13. The fourth-order valence-electron chi connectivity index (χ4n) is 4.11. The fraction of sp³-hybridized carbons (Fsp3) is 0.500. The summed E-state index contributed by atoms with van der Waals surface area (Å²) in [5, 5.41) is 28.1. The highest BCUT2D eigenvalue weighted by molar-refractivity contribution is 5.94. The van der Waals surface area contributed by atoms with Crippen LogP contribution in [0, 0.1) is 0 Å². The third-order valence-corrected chi connectivity index (χ3v) is 6.39. The van der Waals surface area contributed by atoms with E-state index in [0.717, 1.165) is 10.9 Å². The lowest BCUT2D eigenvalue weighted by molar-refractivity contribution is -0.143. The second kappa shape index (κ2) is 15.5. The fourth-order valence-corrected chi connectivity index (χ4v) is 4.11. The Morgan fingerprint density at radius 1 is 0.950 bits per heavy atom. The molecule has 0 bridgehead atoms. The van der Waals surface area contributed by atoms with E-state index in [1.165, 1.54) is 6.92 Å². The van der Waals surface area contributed by atoms with E-state index in [9.17, 15) is 34.2 Å². The van der Waals surface area contributed by atoms with E-state index >= 15 is 0 Å². The zero-order valence-electron chi connectivity index (χ0n) is 22.4. The van der Waals surface area contributed by atoms with Gasteiger partial charge in [-0.3, -0.25) is 19.2 Å². The van der Waals surface area contributed by atoms with Crippen molar-refractivity contribution in [2.75, 3.05) is 6.54 Å². The van der Waals surface area contributed by atoms with Gasteiger partial charge in [0.15, 0.2) is 0 Å². The SMILES string of the molecule is CC(O)C(NC(=O)C(CCCCN)NC(=O)C(N)CCC(N)=O)C(=O)NC(Cc1c[nH]c2ccccc12)C(=O)O. The summed E-state index contributed by atoms with van der Waals surface area (Å²) >= 11 is 0. The van der Waals surface area contributed by atoms with Crippen LogP contribution in [0.5, 0.6) is 0 Å². The summed E-state index contributed by atoms with van der Waals surface area (Å²) < 4.78 is 0. The summed E-state index contributed by atoms with van der Waals surface area (Å²) in [4.78, 5) is 64.7. The highest BCUT2D eigenvalue weighted by atomic mass is 16.4. The molecule has 4 amide bonds. The van der Waals surface area contributed by atoms with Crippen molar-refractivity contribution in [2.45, 2.75) is 75.7 Å². The summed E-state index contributed by atoms with van der Waals surface area (Å²) in [6.07, 6.45) is 1.24. The number of fused-ring (bicyclic) bond motifs is 1. The van der Waals surface area contributed by atoms with Crippen LogP contribution < -0.4 is 33.2 Å². The minimum Gasteiger partial charge on any atom is -0.480 e. The number of aliphatic hydroxyl groups is 1. The Morgan fingerprint density at radius 3 is 2.25 bits per heavy atom. The molecule has 0 aliphatic carbocycles. The van der Waals surface area contributed by atoms with Crippen LogP contribution in [-0.4, -0.2) is 81.6 Å². The molecular formula is C26H39N7O7. The standard InChI is InChI=1S/C26H39N7O7/c1-14(34)22(25(38)32-20(26(39)40)12-15-13-30-18-7-3-2-6-16(15)18)33-24(37)19(8-4-5-11-27)31-23(36)17(28)9-10-21(29)35/h2-3,6-7,13-14,17,19-20,22,30,34H,4-5,8-12,27-28H2,1H3,(H2,29,35)(H,31,36)(H,32,38)(H,33,37)(H,39,40). The van der Waals surface area contributed by atoms with Crippen molar-refractivity contribution in [1.29, 1.82) is 0 Å². The summed E-state index contributed by atoms with van der Waals surface area (Å²) in [5.41, 5.74) is 17.9. The number of carboxylic acid groups (broad SMARTS) is 1. The van der Waals surface area contributed by atoms with Gasteiger partial charge >= 0.3 is 5.97 Å². The van der Waals surface area contributed by atoms with Crippen LogP contribution >= 0.6 is 0 Å². The average Bonchev–Trinajstić information content (AvgIpc) is 3.31. The van der Waals surface area contributed by atoms with Crippen LogP contribution in [0.2, 0.25) is 0 Å². The first-order valence-corrected chi connectivity index (χ1v) is 13.1. The van der Waals surface area contributed by atoms with Crippen LogP contribution in [0.15, 0.2) is 30.5 Å². The molecule has 40 heavy (non-hydrogen) atoms. The number of aliphatic carboxylic acids is 1. The molecule has 0 spiro atoms. The van der Waals surface area contributed by atoms with E-state index in [4.69, 9.17) is 17.2 Å². The van der Waals surface area contributed by atoms with Crippen molar-refractivity contribution < 1.29 is 34.2 Å². The molecule has 12 N–H and O–H groups in total. The molecule has 0 aliphatic rings. The summed E-state index contributed by atoms with van der Waals surface area (Å²) in [6.45, 7) is 1.62. The lowest BCUT2D eigenvalue weighted by Crippen LogP contribution is -2.60. The van der Waals surface area contributed by atoms with Gasteiger partial charge in [-0.2, -0.15) is 0 Å². The molecule has 220 valence electrons. The van der Waals surface area contributed by atoms with Gasteiger partial charge in [-0.1, -0.05) is 18.2 Å². The number of aliphatic hydroxyl groups excluding tert-OH is 1. The van der Waals surface area contributed by atoms with Crippen molar-refractivity contribution in [3.63, 3.8) is 0 Å². The summed E-state index contributed by atoms with van der Waals surface area (Å²) in [7, 11) is 0. The minimum absolute atomic E-state index is 0.0238. The number of aromatic nitrogens is 1. The topological polar surface area (TPSA) is 256 Å². The average molecular weight is 562 g/mol. The van der Waals surface area contributed by atoms with E-state index in [0.29, 0.717) is 24.9 Å². The number of aromatic amines is 1. The third kappa shape index (κ3) is 9.63. The van der Waals surface area contributed by atoms with Crippen molar-refractivity contribution in [1.82, 2.24) is 20.9 Å². The van der Waals surface area contributed by atoms with E-state index in [1.807, 2.05) is 18.2 Å². The van der Waals surface area contributed by atoms with Crippen molar-refractivity contribution in [3.05, 3.63) is 36.0 Å². The van der Waals surface area contributed by atoms with E-state index in [1.54, 1.807) is 12.3 Å². The van der Waals surface area contributed by atoms with E-state index < -0.39 is 59.9 Å². The first-order chi connectivity index (χ1) is 18.9. The molecule has 0 saturated heterocycles. The minimum atomic E-state index is -1.52.